The number of anilines is 1. The predicted molar refractivity (Wildman–Crippen MR) is 82.5 cm³/mol. The lowest BCUT2D eigenvalue weighted by Gasteiger charge is -2.10. The van der Waals surface area contributed by atoms with Crippen molar-refractivity contribution in [3.05, 3.63) is 77.4 Å². The highest BCUT2D eigenvalue weighted by Gasteiger charge is 2.21. The average molecular weight is 349 g/mol. The molecule has 3 rings (SSSR count). The van der Waals surface area contributed by atoms with Crippen LogP contribution >= 0.6 is 0 Å². The molecule has 0 aliphatic carbocycles. The molecule has 1 heterocycles. The van der Waals surface area contributed by atoms with Gasteiger partial charge in [-0.15, -0.1) is 0 Å². The second-order valence-corrected chi connectivity index (χ2v) is 5.18. The molecule has 4 nitrogen and oxygen atoms in total. The van der Waals surface area contributed by atoms with Crippen molar-refractivity contribution in [3.8, 4) is 5.69 Å². The fourth-order valence-electron chi connectivity index (χ4n) is 2.34. The summed E-state index contributed by atoms with van der Waals surface area (Å²) in [6.45, 7) is 1.69. The number of aromatic nitrogens is 2. The summed E-state index contributed by atoms with van der Waals surface area (Å²) in [5, 5.41) is 2.14. The molecule has 3 aromatic rings. The number of rotatable bonds is 3. The number of aryl methyl sites for hydroxylation is 1. The number of nitrogens with zero attached hydrogens (tertiary/aromatic N) is 2. The highest BCUT2D eigenvalue weighted by molar-refractivity contribution is 6.04. The van der Waals surface area contributed by atoms with Crippen molar-refractivity contribution in [1.29, 1.82) is 0 Å². The summed E-state index contributed by atoms with van der Waals surface area (Å²) in [5.74, 6) is -5.53. The fourth-order valence-corrected chi connectivity index (χ4v) is 2.34. The van der Waals surface area contributed by atoms with E-state index in [-0.39, 0.29) is 11.4 Å². The topological polar surface area (TPSA) is 46.9 Å². The number of benzene rings is 2. The predicted octanol–water partition coefficient (Wildman–Crippen LogP) is 3.99. The van der Waals surface area contributed by atoms with Gasteiger partial charge in [0.15, 0.2) is 11.6 Å². The molecule has 0 aliphatic rings. The quantitative estimate of drug-likeness (QED) is 0.574. The van der Waals surface area contributed by atoms with Crippen molar-refractivity contribution in [2.24, 2.45) is 0 Å². The van der Waals surface area contributed by atoms with E-state index in [1.807, 2.05) is 0 Å². The van der Waals surface area contributed by atoms with Gasteiger partial charge in [-0.25, -0.2) is 22.5 Å². The number of carbonyl (C=O) groups excluding carboxylic acids is 1. The van der Waals surface area contributed by atoms with Crippen LogP contribution in [0, 0.1) is 30.2 Å². The minimum Gasteiger partial charge on any atom is -0.322 e. The zero-order chi connectivity index (χ0) is 18.1. The van der Waals surface area contributed by atoms with Gasteiger partial charge in [0.05, 0.1) is 5.69 Å². The Bertz CT molecular complexity index is 969. The van der Waals surface area contributed by atoms with Crippen LogP contribution in [0.2, 0.25) is 0 Å². The second kappa shape index (κ2) is 6.39. The van der Waals surface area contributed by atoms with Crippen LogP contribution in [0.3, 0.4) is 0 Å². The molecule has 25 heavy (non-hydrogen) atoms. The number of carbonyl (C=O) groups is 1. The standard InChI is InChI=1S/C17H11F4N3O/c1-9-22-6-7-24(9)14-5-2-10(8-13(14)20)23-17(25)15-11(18)3-4-12(19)16(15)21/h2-8H,1H3,(H,23,25). The Morgan fingerprint density at radius 1 is 1.04 bits per heavy atom. The molecule has 0 fully saturated rings. The first kappa shape index (κ1) is 16.7. The van der Waals surface area contributed by atoms with Crippen molar-refractivity contribution in [3.63, 3.8) is 0 Å². The van der Waals surface area contributed by atoms with Gasteiger partial charge in [-0.05, 0) is 37.3 Å². The molecule has 0 spiro atoms. The van der Waals surface area contributed by atoms with E-state index in [1.54, 1.807) is 13.1 Å². The molecule has 0 saturated heterocycles. The minimum atomic E-state index is -1.61. The highest BCUT2D eigenvalue weighted by Crippen LogP contribution is 2.22. The lowest BCUT2D eigenvalue weighted by molar-refractivity contribution is 0.101. The Hall–Kier alpha value is -3.16. The molecule has 1 amide bonds. The molecule has 2 aromatic carbocycles. The van der Waals surface area contributed by atoms with Crippen LogP contribution in [0.15, 0.2) is 42.7 Å². The second-order valence-electron chi connectivity index (χ2n) is 5.18. The smallest absolute Gasteiger partial charge is 0.261 e. The zero-order valence-corrected chi connectivity index (χ0v) is 12.9. The van der Waals surface area contributed by atoms with E-state index in [1.165, 1.54) is 22.9 Å². The molecule has 0 bridgehead atoms. The number of amides is 1. The number of nitrogens with one attached hydrogen (secondary N) is 1. The summed E-state index contributed by atoms with van der Waals surface area (Å²) in [5.41, 5.74) is -0.918. The molecular formula is C17H11F4N3O. The van der Waals surface area contributed by atoms with E-state index in [0.29, 0.717) is 18.0 Å². The van der Waals surface area contributed by atoms with Gasteiger partial charge in [0.2, 0.25) is 0 Å². The lowest BCUT2D eigenvalue weighted by atomic mass is 10.1. The van der Waals surface area contributed by atoms with E-state index in [9.17, 15) is 22.4 Å². The van der Waals surface area contributed by atoms with Crippen LogP contribution in [-0.4, -0.2) is 15.5 Å². The van der Waals surface area contributed by atoms with Crippen LogP contribution < -0.4 is 5.32 Å². The summed E-state index contributed by atoms with van der Waals surface area (Å²) in [6, 6.07) is 4.92. The molecule has 0 aliphatic heterocycles. The van der Waals surface area contributed by atoms with Crippen molar-refractivity contribution in [2.45, 2.75) is 6.92 Å². The molecule has 0 unspecified atom stereocenters. The largest absolute Gasteiger partial charge is 0.322 e. The van der Waals surface area contributed by atoms with E-state index in [4.69, 9.17) is 0 Å². The molecular weight excluding hydrogens is 338 g/mol. The zero-order valence-electron chi connectivity index (χ0n) is 12.9. The summed E-state index contributed by atoms with van der Waals surface area (Å²) < 4.78 is 56.2. The molecule has 0 radical (unpaired) electrons. The number of halogens is 4. The van der Waals surface area contributed by atoms with Crippen LogP contribution in [0.1, 0.15) is 16.2 Å². The Balaban J connectivity index is 1.90. The Morgan fingerprint density at radius 2 is 1.76 bits per heavy atom. The minimum absolute atomic E-state index is 0.0351. The third kappa shape index (κ3) is 3.10. The third-order valence-electron chi connectivity index (χ3n) is 3.56. The van der Waals surface area contributed by atoms with Crippen LogP contribution in [-0.2, 0) is 0 Å². The van der Waals surface area contributed by atoms with Gasteiger partial charge < -0.3 is 9.88 Å². The highest BCUT2D eigenvalue weighted by atomic mass is 19.2. The maximum Gasteiger partial charge on any atom is 0.261 e. The van der Waals surface area contributed by atoms with Crippen molar-refractivity contribution < 1.29 is 22.4 Å². The van der Waals surface area contributed by atoms with Crippen molar-refractivity contribution in [2.75, 3.05) is 5.32 Å². The normalized spacial score (nSPS) is 10.8. The molecule has 8 heteroatoms. The maximum absolute atomic E-state index is 14.3. The molecule has 128 valence electrons. The van der Waals surface area contributed by atoms with Crippen LogP contribution in [0.5, 0.6) is 0 Å². The fraction of sp³-hybridized carbons (Fsp3) is 0.0588. The first-order valence-electron chi connectivity index (χ1n) is 7.13. The van der Waals surface area contributed by atoms with E-state index >= 15 is 0 Å². The Morgan fingerprint density at radius 3 is 2.40 bits per heavy atom. The van der Waals surface area contributed by atoms with Crippen LogP contribution in [0.25, 0.3) is 5.69 Å². The third-order valence-corrected chi connectivity index (χ3v) is 3.56. The van der Waals surface area contributed by atoms with E-state index < -0.39 is 34.7 Å². The summed E-state index contributed by atoms with van der Waals surface area (Å²) in [6.07, 6.45) is 3.06. The van der Waals surface area contributed by atoms with Gasteiger partial charge in [0.25, 0.3) is 5.91 Å². The molecule has 0 atom stereocenters. The van der Waals surface area contributed by atoms with Gasteiger partial charge in [0, 0.05) is 18.1 Å². The summed E-state index contributed by atoms with van der Waals surface area (Å²) in [7, 11) is 0. The first-order chi connectivity index (χ1) is 11.9. The van der Waals surface area contributed by atoms with Crippen molar-refractivity contribution in [1.82, 2.24) is 9.55 Å². The van der Waals surface area contributed by atoms with Gasteiger partial charge in [-0.2, -0.15) is 0 Å². The van der Waals surface area contributed by atoms with Gasteiger partial charge in [-0.3, -0.25) is 4.79 Å². The summed E-state index contributed by atoms with van der Waals surface area (Å²) in [4.78, 5) is 16.0. The number of hydrogen-bond donors (Lipinski definition) is 1. The van der Waals surface area contributed by atoms with Gasteiger partial charge in [0.1, 0.15) is 23.0 Å². The summed E-state index contributed by atoms with van der Waals surface area (Å²) >= 11 is 0. The first-order valence-corrected chi connectivity index (χ1v) is 7.13. The Kier molecular flexibility index (Phi) is 4.26. The molecule has 1 aromatic heterocycles. The average Bonchev–Trinajstić information content (AvgIpc) is 2.97. The van der Waals surface area contributed by atoms with Gasteiger partial charge in [-0.1, -0.05) is 0 Å². The SMILES string of the molecule is Cc1nccn1-c1ccc(NC(=O)c2c(F)ccc(F)c2F)cc1F. The molecule has 1 N–H and O–H groups in total. The van der Waals surface area contributed by atoms with Crippen molar-refractivity contribution >= 4 is 11.6 Å². The molecule has 0 saturated carbocycles. The van der Waals surface area contributed by atoms with Crippen LogP contribution in [0.4, 0.5) is 23.2 Å². The monoisotopic (exact) mass is 349 g/mol. The lowest BCUT2D eigenvalue weighted by Crippen LogP contribution is -2.17. The van der Waals surface area contributed by atoms with E-state index in [2.05, 4.69) is 10.3 Å². The number of hydrogen-bond acceptors (Lipinski definition) is 2. The van der Waals surface area contributed by atoms with E-state index in [0.717, 1.165) is 6.07 Å². The maximum atomic E-state index is 14.3. The number of imidazole rings is 1. The Labute approximate surface area is 139 Å². The van der Waals surface area contributed by atoms with Gasteiger partial charge >= 0.3 is 0 Å².